The molecule has 0 aromatic heterocycles. The minimum atomic E-state index is 0.0356. The fourth-order valence-electron chi connectivity index (χ4n) is 2.92. The van der Waals surface area contributed by atoms with Crippen LogP contribution in [0.2, 0.25) is 5.02 Å². The molecule has 1 aliphatic heterocycles. The van der Waals surface area contributed by atoms with Crippen LogP contribution < -0.4 is 4.74 Å². The standard InChI is InChI=1S/C20H19ClN2O2/c21-17-5-7-18(8-6-17)25-19-10-13-23(14-11-19)20(24)16-3-1-15(2-4-16)9-12-22/h1-8,19H,9-11,13-14H2. The lowest BCUT2D eigenvalue weighted by molar-refractivity contribution is 0.0595. The van der Waals surface area contributed by atoms with E-state index in [4.69, 9.17) is 21.6 Å². The second kappa shape index (κ2) is 8.04. The molecule has 25 heavy (non-hydrogen) atoms. The minimum absolute atomic E-state index is 0.0356. The van der Waals surface area contributed by atoms with E-state index in [9.17, 15) is 4.79 Å². The van der Waals surface area contributed by atoms with Gasteiger partial charge in [0.25, 0.3) is 5.91 Å². The fraction of sp³-hybridized carbons (Fsp3) is 0.300. The van der Waals surface area contributed by atoms with Crippen LogP contribution in [0.1, 0.15) is 28.8 Å². The van der Waals surface area contributed by atoms with Gasteiger partial charge in [-0.3, -0.25) is 4.79 Å². The lowest BCUT2D eigenvalue weighted by atomic mass is 10.0. The molecular weight excluding hydrogens is 336 g/mol. The van der Waals surface area contributed by atoms with Crippen LogP contribution in [-0.4, -0.2) is 30.0 Å². The number of hydrogen-bond donors (Lipinski definition) is 0. The summed E-state index contributed by atoms with van der Waals surface area (Å²) in [6.07, 6.45) is 2.09. The third-order valence-corrected chi connectivity index (χ3v) is 4.58. The van der Waals surface area contributed by atoms with E-state index >= 15 is 0 Å². The number of rotatable bonds is 4. The van der Waals surface area contributed by atoms with Gasteiger partial charge in [-0.1, -0.05) is 23.7 Å². The molecule has 5 heteroatoms. The molecule has 0 N–H and O–H groups in total. The molecule has 3 rings (SSSR count). The largest absolute Gasteiger partial charge is 0.490 e. The van der Waals surface area contributed by atoms with Gasteiger partial charge < -0.3 is 9.64 Å². The molecule has 1 aliphatic rings. The number of amides is 1. The van der Waals surface area contributed by atoms with E-state index < -0.39 is 0 Å². The van der Waals surface area contributed by atoms with Crippen molar-refractivity contribution < 1.29 is 9.53 Å². The monoisotopic (exact) mass is 354 g/mol. The van der Waals surface area contributed by atoms with Crippen LogP contribution in [0.5, 0.6) is 5.75 Å². The van der Waals surface area contributed by atoms with Crippen LogP contribution in [-0.2, 0) is 6.42 Å². The zero-order chi connectivity index (χ0) is 17.6. The first kappa shape index (κ1) is 17.3. The van der Waals surface area contributed by atoms with Gasteiger partial charge in [0.1, 0.15) is 11.9 Å². The summed E-state index contributed by atoms with van der Waals surface area (Å²) in [6.45, 7) is 1.36. The number of carbonyl (C=O) groups is 1. The molecule has 2 aromatic carbocycles. The first-order chi connectivity index (χ1) is 12.2. The third kappa shape index (κ3) is 4.52. The molecule has 0 atom stereocenters. The number of nitriles is 1. The van der Waals surface area contributed by atoms with E-state index in [0.717, 1.165) is 24.2 Å². The van der Waals surface area contributed by atoms with Gasteiger partial charge in [-0.15, -0.1) is 0 Å². The lowest BCUT2D eigenvalue weighted by Crippen LogP contribution is -2.41. The van der Waals surface area contributed by atoms with Gasteiger partial charge in [0.05, 0.1) is 12.5 Å². The summed E-state index contributed by atoms with van der Waals surface area (Å²) < 4.78 is 5.96. The Hall–Kier alpha value is -2.51. The number of ether oxygens (including phenoxy) is 1. The Morgan fingerprint density at radius 1 is 1.12 bits per heavy atom. The van der Waals surface area contributed by atoms with Crippen molar-refractivity contribution in [1.82, 2.24) is 4.90 Å². The van der Waals surface area contributed by atoms with Crippen molar-refractivity contribution in [2.75, 3.05) is 13.1 Å². The first-order valence-electron chi connectivity index (χ1n) is 8.33. The van der Waals surface area contributed by atoms with Gasteiger partial charge in [-0.2, -0.15) is 5.26 Å². The van der Waals surface area contributed by atoms with Crippen LogP contribution in [0.25, 0.3) is 0 Å². The maximum Gasteiger partial charge on any atom is 0.253 e. The average molecular weight is 355 g/mol. The topological polar surface area (TPSA) is 53.3 Å². The minimum Gasteiger partial charge on any atom is -0.490 e. The van der Waals surface area contributed by atoms with E-state index in [-0.39, 0.29) is 12.0 Å². The molecule has 1 saturated heterocycles. The van der Waals surface area contributed by atoms with Gasteiger partial charge in [0.15, 0.2) is 0 Å². The molecule has 128 valence electrons. The summed E-state index contributed by atoms with van der Waals surface area (Å²) in [5.74, 6) is 0.843. The van der Waals surface area contributed by atoms with Crippen LogP contribution in [0.15, 0.2) is 48.5 Å². The summed E-state index contributed by atoms with van der Waals surface area (Å²) in [7, 11) is 0. The summed E-state index contributed by atoms with van der Waals surface area (Å²) in [6, 6.07) is 16.7. The van der Waals surface area contributed by atoms with E-state index in [2.05, 4.69) is 6.07 Å². The Bertz CT molecular complexity index is 758. The second-order valence-corrected chi connectivity index (χ2v) is 6.53. The van der Waals surface area contributed by atoms with E-state index in [0.29, 0.717) is 30.1 Å². The average Bonchev–Trinajstić information content (AvgIpc) is 2.65. The van der Waals surface area contributed by atoms with E-state index in [1.165, 1.54) is 0 Å². The molecule has 0 spiro atoms. The van der Waals surface area contributed by atoms with Gasteiger partial charge in [0, 0.05) is 36.5 Å². The van der Waals surface area contributed by atoms with Crippen molar-refractivity contribution in [2.45, 2.75) is 25.4 Å². The van der Waals surface area contributed by atoms with Crippen molar-refractivity contribution in [3.8, 4) is 11.8 Å². The Labute approximate surface area is 152 Å². The van der Waals surface area contributed by atoms with Gasteiger partial charge in [-0.05, 0) is 42.0 Å². The van der Waals surface area contributed by atoms with Crippen LogP contribution >= 0.6 is 11.6 Å². The summed E-state index contributed by atoms with van der Waals surface area (Å²) >= 11 is 5.88. The SMILES string of the molecule is N#CCc1ccc(C(=O)N2CCC(Oc3ccc(Cl)cc3)CC2)cc1. The number of benzene rings is 2. The Morgan fingerprint density at radius 2 is 1.76 bits per heavy atom. The van der Waals surface area contributed by atoms with Crippen molar-refractivity contribution in [2.24, 2.45) is 0 Å². The maximum absolute atomic E-state index is 12.6. The fourth-order valence-corrected chi connectivity index (χ4v) is 3.05. The number of halogens is 1. The smallest absolute Gasteiger partial charge is 0.253 e. The first-order valence-corrected chi connectivity index (χ1v) is 8.71. The normalized spacial score (nSPS) is 14.8. The van der Waals surface area contributed by atoms with Crippen molar-refractivity contribution in [1.29, 1.82) is 5.26 Å². The summed E-state index contributed by atoms with van der Waals surface area (Å²) in [4.78, 5) is 14.4. The number of piperidine rings is 1. The Balaban J connectivity index is 1.53. The summed E-state index contributed by atoms with van der Waals surface area (Å²) in [5, 5.41) is 9.39. The zero-order valence-corrected chi connectivity index (χ0v) is 14.6. The third-order valence-electron chi connectivity index (χ3n) is 4.33. The number of likely N-dealkylation sites (tertiary alicyclic amines) is 1. The number of hydrogen-bond acceptors (Lipinski definition) is 3. The van der Waals surface area contributed by atoms with Gasteiger partial charge in [-0.25, -0.2) is 0 Å². The van der Waals surface area contributed by atoms with Crippen LogP contribution in [0.4, 0.5) is 0 Å². The van der Waals surface area contributed by atoms with Crippen LogP contribution in [0.3, 0.4) is 0 Å². The summed E-state index contributed by atoms with van der Waals surface area (Å²) in [5.41, 5.74) is 1.59. The molecule has 0 aliphatic carbocycles. The molecule has 4 nitrogen and oxygen atoms in total. The van der Waals surface area contributed by atoms with E-state index in [1.807, 2.05) is 41.3 Å². The highest BCUT2D eigenvalue weighted by molar-refractivity contribution is 6.30. The molecular formula is C20H19ClN2O2. The molecule has 2 aromatic rings. The highest BCUT2D eigenvalue weighted by Gasteiger charge is 2.24. The second-order valence-electron chi connectivity index (χ2n) is 6.10. The molecule has 1 fully saturated rings. The highest BCUT2D eigenvalue weighted by atomic mass is 35.5. The Kier molecular flexibility index (Phi) is 5.57. The predicted molar refractivity (Wildman–Crippen MR) is 96.8 cm³/mol. The zero-order valence-electron chi connectivity index (χ0n) is 13.8. The predicted octanol–water partition coefficient (Wildman–Crippen LogP) is 4.09. The van der Waals surface area contributed by atoms with Gasteiger partial charge >= 0.3 is 0 Å². The maximum atomic E-state index is 12.6. The van der Waals surface area contributed by atoms with Crippen molar-refractivity contribution in [3.63, 3.8) is 0 Å². The molecule has 0 saturated carbocycles. The number of carbonyl (C=O) groups excluding carboxylic acids is 1. The highest BCUT2D eigenvalue weighted by Crippen LogP contribution is 2.22. The lowest BCUT2D eigenvalue weighted by Gasteiger charge is -2.32. The number of nitrogens with zero attached hydrogens (tertiary/aromatic N) is 2. The molecule has 1 amide bonds. The molecule has 0 unspecified atom stereocenters. The van der Waals surface area contributed by atoms with Gasteiger partial charge in [0.2, 0.25) is 0 Å². The van der Waals surface area contributed by atoms with Crippen molar-refractivity contribution >= 4 is 17.5 Å². The van der Waals surface area contributed by atoms with E-state index in [1.54, 1.807) is 12.1 Å². The molecule has 1 heterocycles. The van der Waals surface area contributed by atoms with Crippen LogP contribution in [0, 0.1) is 11.3 Å². The Morgan fingerprint density at radius 3 is 2.36 bits per heavy atom. The van der Waals surface area contributed by atoms with Crippen molar-refractivity contribution in [3.05, 3.63) is 64.7 Å². The molecule has 0 bridgehead atoms. The molecule has 0 radical (unpaired) electrons. The quantitative estimate of drug-likeness (QED) is 0.831.